The van der Waals surface area contributed by atoms with Crippen LogP contribution in [0.3, 0.4) is 0 Å². The minimum absolute atomic E-state index is 0.0993. The highest BCUT2D eigenvalue weighted by atomic mass is 32.2. The first-order valence-electron chi connectivity index (χ1n) is 10.6. The van der Waals surface area contributed by atoms with E-state index in [9.17, 15) is 14.7 Å². The van der Waals surface area contributed by atoms with Crippen molar-refractivity contribution in [2.24, 2.45) is 0 Å². The molecule has 0 unspecified atom stereocenters. The number of hydrogen-bond acceptors (Lipinski definition) is 7. The van der Waals surface area contributed by atoms with Crippen molar-refractivity contribution in [3.05, 3.63) is 66.7 Å². The van der Waals surface area contributed by atoms with Crippen LogP contribution in [0.4, 0.5) is 5.69 Å². The van der Waals surface area contributed by atoms with Crippen LogP contribution in [0.1, 0.15) is 30.1 Å². The molecule has 1 amide bonds. The van der Waals surface area contributed by atoms with Gasteiger partial charge < -0.3 is 15.2 Å². The van der Waals surface area contributed by atoms with Gasteiger partial charge in [-0.2, -0.15) is 0 Å². The van der Waals surface area contributed by atoms with Crippen molar-refractivity contribution in [3.8, 4) is 17.1 Å². The lowest BCUT2D eigenvalue weighted by molar-refractivity contribution is -0.113. The van der Waals surface area contributed by atoms with E-state index in [1.54, 1.807) is 59.2 Å². The van der Waals surface area contributed by atoms with Crippen molar-refractivity contribution in [3.63, 3.8) is 0 Å². The number of para-hydroxylation sites is 1. The maximum atomic E-state index is 12.4. The second-order valence-electron chi connectivity index (χ2n) is 7.13. The minimum Gasteiger partial charge on any atom is -0.507 e. The molecule has 2 aromatic carbocycles. The molecular weight excluding hydrogens is 440 g/mol. The normalized spacial score (nSPS) is 10.6. The Labute approximate surface area is 196 Å². The Kier molecular flexibility index (Phi) is 8.65. The van der Waals surface area contributed by atoms with Gasteiger partial charge in [-0.3, -0.25) is 9.36 Å². The summed E-state index contributed by atoms with van der Waals surface area (Å²) in [5.41, 5.74) is 1.57. The number of phenols is 1. The molecule has 0 saturated carbocycles. The molecule has 0 atom stereocenters. The monoisotopic (exact) mass is 466 g/mol. The van der Waals surface area contributed by atoms with Crippen LogP contribution in [0.2, 0.25) is 0 Å². The van der Waals surface area contributed by atoms with Gasteiger partial charge in [-0.15, -0.1) is 16.8 Å². The van der Waals surface area contributed by atoms with Crippen molar-refractivity contribution in [2.45, 2.75) is 31.5 Å². The van der Waals surface area contributed by atoms with Crippen LogP contribution in [0.5, 0.6) is 5.75 Å². The number of ether oxygens (including phenoxy) is 1. The molecule has 0 fully saturated rings. The smallest absolute Gasteiger partial charge is 0.338 e. The van der Waals surface area contributed by atoms with Gasteiger partial charge in [0.15, 0.2) is 11.0 Å². The number of hydrogen-bond donors (Lipinski definition) is 2. The summed E-state index contributed by atoms with van der Waals surface area (Å²) in [5.74, 6) is 0.102. The zero-order chi connectivity index (χ0) is 23.6. The van der Waals surface area contributed by atoms with Crippen molar-refractivity contribution in [1.29, 1.82) is 0 Å². The molecule has 8 nitrogen and oxygen atoms in total. The molecule has 0 spiro atoms. The number of amides is 1. The van der Waals surface area contributed by atoms with E-state index in [0.717, 1.165) is 12.8 Å². The van der Waals surface area contributed by atoms with Gasteiger partial charge in [0.1, 0.15) is 5.75 Å². The maximum absolute atomic E-state index is 12.4. The third-order valence-corrected chi connectivity index (χ3v) is 5.61. The molecule has 0 aliphatic carbocycles. The Balaban J connectivity index is 1.60. The summed E-state index contributed by atoms with van der Waals surface area (Å²) in [6, 6.07) is 13.4. The van der Waals surface area contributed by atoms with Crippen LogP contribution < -0.4 is 5.32 Å². The highest BCUT2D eigenvalue weighted by Crippen LogP contribution is 2.30. The lowest BCUT2D eigenvalue weighted by atomic mass is 10.2. The Morgan fingerprint density at radius 3 is 2.64 bits per heavy atom. The van der Waals surface area contributed by atoms with Crippen LogP contribution >= 0.6 is 11.8 Å². The fourth-order valence-corrected chi connectivity index (χ4v) is 3.71. The molecule has 9 heteroatoms. The van der Waals surface area contributed by atoms with Crippen molar-refractivity contribution in [2.75, 3.05) is 17.7 Å². The summed E-state index contributed by atoms with van der Waals surface area (Å²) in [6.07, 6.45) is 3.48. The molecule has 3 rings (SSSR count). The second kappa shape index (κ2) is 11.9. The molecule has 172 valence electrons. The summed E-state index contributed by atoms with van der Waals surface area (Å²) >= 11 is 1.23. The first-order valence-corrected chi connectivity index (χ1v) is 11.5. The molecular formula is C24H26N4O4S. The van der Waals surface area contributed by atoms with E-state index in [1.165, 1.54) is 11.8 Å². The van der Waals surface area contributed by atoms with Gasteiger partial charge in [0.05, 0.1) is 23.5 Å². The Morgan fingerprint density at radius 2 is 1.94 bits per heavy atom. The van der Waals surface area contributed by atoms with Crippen molar-refractivity contribution in [1.82, 2.24) is 14.8 Å². The first-order chi connectivity index (χ1) is 16.0. The minimum atomic E-state index is -0.376. The molecule has 0 aliphatic heterocycles. The van der Waals surface area contributed by atoms with Gasteiger partial charge in [-0.1, -0.05) is 43.3 Å². The number of carbonyl (C=O) groups excluding carboxylic acids is 2. The summed E-state index contributed by atoms with van der Waals surface area (Å²) in [4.78, 5) is 24.4. The third kappa shape index (κ3) is 6.45. The van der Waals surface area contributed by atoms with Crippen molar-refractivity contribution >= 4 is 29.3 Å². The van der Waals surface area contributed by atoms with Gasteiger partial charge in [0, 0.05) is 12.2 Å². The van der Waals surface area contributed by atoms with E-state index in [2.05, 4.69) is 22.1 Å². The molecule has 0 saturated heterocycles. The second-order valence-corrected chi connectivity index (χ2v) is 8.07. The van der Waals surface area contributed by atoms with Crippen LogP contribution in [0.15, 0.2) is 66.3 Å². The summed E-state index contributed by atoms with van der Waals surface area (Å²) < 4.78 is 6.97. The quantitative estimate of drug-likeness (QED) is 0.185. The van der Waals surface area contributed by atoms with Gasteiger partial charge in [-0.25, -0.2) is 4.79 Å². The van der Waals surface area contributed by atoms with E-state index < -0.39 is 0 Å². The largest absolute Gasteiger partial charge is 0.507 e. The van der Waals surface area contributed by atoms with Crippen LogP contribution in [-0.4, -0.2) is 44.1 Å². The fraction of sp³-hybridized carbons (Fsp3) is 0.250. The van der Waals surface area contributed by atoms with Gasteiger partial charge in [-0.05, 0) is 42.8 Å². The van der Waals surface area contributed by atoms with Crippen LogP contribution in [0.25, 0.3) is 11.4 Å². The number of phenolic OH excluding ortho intramolecular Hbond substituents is 1. The number of thioether (sulfide) groups is 1. The van der Waals surface area contributed by atoms with E-state index in [0.29, 0.717) is 40.9 Å². The predicted molar refractivity (Wildman–Crippen MR) is 128 cm³/mol. The summed E-state index contributed by atoms with van der Waals surface area (Å²) in [6.45, 7) is 6.62. The fourth-order valence-electron chi connectivity index (χ4n) is 2.96. The standard InChI is InChI=1S/C24H26N4O4S/c1-3-5-15-32-23(31)17-10-12-18(13-11-17)25-21(30)16-33-24-27-26-22(28(24)14-4-2)19-8-6-7-9-20(19)29/h4,6-13,29H,2-3,5,14-16H2,1H3,(H,25,30). The third-order valence-electron chi connectivity index (χ3n) is 4.64. The van der Waals surface area contributed by atoms with E-state index >= 15 is 0 Å². The molecule has 0 bridgehead atoms. The predicted octanol–water partition coefficient (Wildman–Crippen LogP) is 4.52. The van der Waals surface area contributed by atoms with Gasteiger partial charge >= 0.3 is 5.97 Å². The van der Waals surface area contributed by atoms with Crippen molar-refractivity contribution < 1.29 is 19.4 Å². The summed E-state index contributed by atoms with van der Waals surface area (Å²) in [5, 5.41) is 21.9. The molecule has 2 N–H and O–H groups in total. The van der Waals surface area contributed by atoms with Crippen LogP contribution in [0, 0.1) is 0 Å². The highest BCUT2D eigenvalue weighted by molar-refractivity contribution is 7.99. The first kappa shape index (κ1) is 24.1. The van der Waals surface area contributed by atoms with E-state index in [1.807, 2.05) is 6.92 Å². The van der Waals surface area contributed by atoms with Gasteiger partial charge in [0.2, 0.25) is 5.91 Å². The average molecular weight is 467 g/mol. The average Bonchev–Trinajstić information content (AvgIpc) is 3.21. The Hall–Kier alpha value is -3.59. The van der Waals surface area contributed by atoms with E-state index in [4.69, 9.17) is 4.74 Å². The Bertz CT molecular complexity index is 1110. The number of unbranched alkanes of at least 4 members (excludes halogenated alkanes) is 1. The number of benzene rings is 2. The number of aromatic nitrogens is 3. The van der Waals surface area contributed by atoms with Gasteiger partial charge in [0.25, 0.3) is 0 Å². The molecule has 33 heavy (non-hydrogen) atoms. The number of esters is 1. The number of nitrogens with one attached hydrogen (secondary N) is 1. The SMILES string of the molecule is C=CCn1c(SCC(=O)Nc2ccc(C(=O)OCCCC)cc2)nnc1-c1ccccc1O. The molecule has 0 radical (unpaired) electrons. The molecule has 1 aromatic heterocycles. The molecule has 3 aromatic rings. The Morgan fingerprint density at radius 1 is 1.18 bits per heavy atom. The zero-order valence-corrected chi connectivity index (χ0v) is 19.2. The molecule has 1 heterocycles. The topological polar surface area (TPSA) is 106 Å². The molecule has 0 aliphatic rings. The van der Waals surface area contributed by atoms with Crippen LogP contribution in [-0.2, 0) is 16.1 Å². The lowest BCUT2D eigenvalue weighted by Crippen LogP contribution is -2.15. The zero-order valence-electron chi connectivity index (χ0n) is 18.4. The number of aromatic hydroxyl groups is 1. The highest BCUT2D eigenvalue weighted by Gasteiger charge is 2.17. The number of nitrogens with zero attached hydrogens (tertiary/aromatic N) is 3. The number of rotatable bonds is 11. The lowest BCUT2D eigenvalue weighted by Gasteiger charge is -2.09. The number of allylic oxidation sites excluding steroid dienone is 1. The number of carbonyl (C=O) groups is 2. The number of anilines is 1. The maximum Gasteiger partial charge on any atom is 0.338 e. The summed E-state index contributed by atoms with van der Waals surface area (Å²) in [7, 11) is 0. The van der Waals surface area contributed by atoms with E-state index in [-0.39, 0.29) is 23.4 Å².